The van der Waals surface area contributed by atoms with Gasteiger partial charge in [-0.15, -0.1) is 11.8 Å². The summed E-state index contributed by atoms with van der Waals surface area (Å²) < 4.78 is 9.10. The standard InChI is InChI=1S/C10H16O5S/c1-3-15-9(12)5-4-8(11)6-16-7-10(13)14-2/h3-7H2,1-2H3. The van der Waals surface area contributed by atoms with Gasteiger partial charge in [-0.25, -0.2) is 0 Å². The summed E-state index contributed by atoms with van der Waals surface area (Å²) in [5.74, 6) is -0.421. The maximum absolute atomic E-state index is 11.2. The van der Waals surface area contributed by atoms with Crippen LogP contribution in [0.1, 0.15) is 19.8 Å². The second-order valence-corrected chi connectivity index (χ2v) is 3.90. The molecule has 0 aliphatic heterocycles. The summed E-state index contributed by atoms with van der Waals surface area (Å²) in [5, 5.41) is 0. The lowest BCUT2D eigenvalue weighted by molar-refractivity contribution is -0.144. The quantitative estimate of drug-likeness (QED) is 0.592. The van der Waals surface area contributed by atoms with Crippen molar-refractivity contribution in [2.45, 2.75) is 19.8 Å². The first kappa shape index (κ1) is 15.0. The van der Waals surface area contributed by atoms with Crippen molar-refractivity contribution in [2.24, 2.45) is 0 Å². The lowest BCUT2D eigenvalue weighted by atomic mass is 10.2. The van der Waals surface area contributed by atoms with Crippen molar-refractivity contribution < 1.29 is 23.9 Å². The van der Waals surface area contributed by atoms with Gasteiger partial charge in [-0.05, 0) is 6.92 Å². The minimum absolute atomic E-state index is 0.0676. The van der Waals surface area contributed by atoms with Crippen LogP contribution < -0.4 is 0 Å². The van der Waals surface area contributed by atoms with Crippen LogP contribution in [0.3, 0.4) is 0 Å². The van der Waals surface area contributed by atoms with Gasteiger partial charge in [0, 0.05) is 6.42 Å². The summed E-state index contributed by atoms with van der Waals surface area (Å²) in [6.07, 6.45) is 0.262. The maximum Gasteiger partial charge on any atom is 0.315 e. The van der Waals surface area contributed by atoms with Gasteiger partial charge in [-0.3, -0.25) is 14.4 Å². The Labute approximate surface area is 98.9 Å². The molecule has 16 heavy (non-hydrogen) atoms. The molecule has 0 saturated carbocycles. The molecule has 0 radical (unpaired) electrons. The van der Waals surface area contributed by atoms with Gasteiger partial charge >= 0.3 is 11.9 Å². The van der Waals surface area contributed by atoms with Crippen molar-refractivity contribution in [1.82, 2.24) is 0 Å². The highest BCUT2D eigenvalue weighted by molar-refractivity contribution is 8.00. The number of Topliss-reactive ketones (excluding diaryl/α,β-unsaturated/α-hetero) is 1. The summed E-state index contributed by atoms with van der Waals surface area (Å²) in [6, 6.07) is 0. The molecule has 0 heterocycles. The SMILES string of the molecule is CCOC(=O)CCC(=O)CSCC(=O)OC. The highest BCUT2D eigenvalue weighted by atomic mass is 32.2. The predicted molar refractivity (Wildman–Crippen MR) is 60.2 cm³/mol. The summed E-state index contributed by atoms with van der Waals surface area (Å²) in [6.45, 7) is 2.04. The Balaban J connectivity index is 3.52. The van der Waals surface area contributed by atoms with E-state index in [2.05, 4.69) is 9.47 Å². The van der Waals surface area contributed by atoms with E-state index < -0.39 is 0 Å². The van der Waals surface area contributed by atoms with E-state index in [1.54, 1.807) is 6.92 Å². The monoisotopic (exact) mass is 248 g/mol. The Hall–Kier alpha value is -1.04. The molecule has 5 nitrogen and oxygen atoms in total. The fourth-order valence-corrected chi connectivity index (χ4v) is 1.61. The van der Waals surface area contributed by atoms with Crippen LogP contribution in [0.2, 0.25) is 0 Å². The first-order valence-corrected chi connectivity index (χ1v) is 6.07. The van der Waals surface area contributed by atoms with Gasteiger partial charge in [0.05, 0.1) is 31.6 Å². The molecule has 0 amide bonds. The van der Waals surface area contributed by atoms with Gasteiger partial charge in [-0.1, -0.05) is 0 Å². The zero-order chi connectivity index (χ0) is 12.4. The second-order valence-electron chi connectivity index (χ2n) is 2.91. The molecule has 92 valence electrons. The number of esters is 2. The molecular formula is C10H16O5S. The predicted octanol–water partition coefficient (Wildman–Crippen LogP) is 0.805. The van der Waals surface area contributed by atoms with Crippen LogP contribution in [0.25, 0.3) is 0 Å². The van der Waals surface area contributed by atoms with Gasteiger partial charge in [0.25, 0.3) is 0 Å². The van der Waals surface area contributed by atoms with E-state index in [9.17, 15) is 14.4 Å². The molecule has 0 aromatic rings. The molecular weight excluding hydrogens is 232 g/mol. The van der Waals surface area contributed by atoms with Crippen LogP contribution in [0.15, 0.2) is 0 Å². The number of carbonyl (C=O) groups is 3. The number of ketones is 1. The molecule has 0 bridgehead atoms. The molecule has 0 N–H and O–H groups in total. The van der Waals surface area contributed by atoms with Crippen molar-refractivity contribution in [3.8, 4) is 0 Å². The van der Waals surface area contributed by atoms with E-state index in [1.807, 2.05) is 0 Å². The zero-order valence-electron chi connectivity index (χ0n) is 9.49. The Bertz CT molecular complexity index is 252. The van der Waals surface area contributed by atoms with Crippen LogP contribution in [-0.4, -0.2) is 42.9 Å². The molecule has 0 saturated heterocycles. The molecule has 0 aromatic heterocycles. The van der Waals surface area contributed by atoms with Crippen LogP contribution in [-0.2, 0) is 23.9 Å². The van der Waals surface area contributed by atoms with E-state index in [4.69, 9.17) is 0 Å². The Morgan fingerprint density at radius 2 is 1.75 bits per heavy atom. The largest absolute Gasteiger partial charge is 0.468 e. The molecule has 0 aliphatic rings. The number of ether oxygens (including phenoxy) is 2. The molecule has 0 atom stereocenters. The number of thioether (sulfide) groups is 1. The average Bonchev–Trinajstić information content (AvgIpc) is 2.26. The van der Waals surface area contributed by atoms with Crippen LogP contribution in [0.5, 0.6) is 0 Å². The zero-order valence-corrected chi connectivity index (χ0v) is 10.3. The number of hydrogen-bond donors (Lipinski definition) is 0. The third-order valence-electron chi connectivity index (χ3n) is 1.62. The van der Waals surface area contributed by atoms with E-state index in [0.29, 0.717) is 6.61 Å². The Kier molecular flexibility index (Phi) is 8.61. The van der Waals surface area contributed by atoms with Crippen LogP contribution in [0.4, 0.5) is 0 Å². The fourth-order valence-electron chi connectivity index (χ4n) is 0.854. The Morgan fingerprint density at radius 3 is 2.31 bits per heavy atom. The molecule has 0 aliphatic carbocycles. The normalized spacial score (nSPS) is 9.62. The van der Waals surface area contributed by atoms with Gasteiger partial charge in [0.15, 0.2) is 0 Å². The maximum atomic E-state index is 11.2. The number of hydrogen-bond acceptors (Lipinski definition) is 6. The van der Waals surface area contributed by atoms with Crippen LogP contribution >= 0.6 is 11.8 Å². The van der Waals surface area contributed by atoms with Crippen molar-refractivity contribution in [2.75, 3.05) is 25.2 Å². The number of methoxy groups -OCH3 is 1. The minimum Gasteiger partial charge on any atom is -0.468 e. The lowest BCUT2D eigenvalue weighted by Gasteiger charge is -2.01. The van der Waals surface area contributed by atoms with E-state index in [1.165, 1.54) is 18.9 Å². The van der Waals surface area contributed by atoms with Crippen molar-refractivity contribution in [1.29, 1.82) is 0 Å². The smallest absolute Gasteiger partial charge is 0.315 e. The van der Waals surface area contributed by atoms with Gasteiger partial charge in [-0.2, -0.15) is 0 Å². The first-order chi connectivity index (χ1) is 7.60. The molecule has 0 unspecified atom stereocenters. The van der Waals surface area contributed by atoms with Gasteiger partial charge < -0.3 is 9.47 Å². The fraction of sp³-hybridized carbons (Fsp3) is 0.700. The van der Waals surface area contributed by atoms with Crippen molar-refractivity contribution in [3.05, 3.63) is 0 Å². The van der Waals surface area contributed by atoms with Gasteiger partial charge in [0.2, 0.25) is 0 Å². The molecule has 0 spiro atoms. The minimum atomic E-state index is -0.367. The van der Waals surface area contributed by atoms with Crippen molar-refractivity contribution >= 4 is 29.5 Å². The molecule has 6 heteroatoms. The van der Waals surface area contributed by atoms with Crippen molar-refractivity contribution in [3.63, 3.8) is 0 Å². The third-order valence-corrected chi connectivity index (χ3v) is 2.59. The highest BCUT2D eigenvalue weighted by Crippen LogP contribution is 2.04. The summed E-state index contributed by atoms with van der Waals surface area (Å²) in [7, 11) is 1.30. The Morgan fingerprint density at radius 1 is 1.06 bits per heavy atom. The number of rotatable bonds is 8. The average molecular weight is 248 g/mol. The lowest BCUT2D eigenvalue weighted by Crippen LogP contribution is -2.11. The van der Waals surface area contributed by atoms with E-state index in [0.717, 1.165) is 0 Å². The number of carbonyl (C=O) groups excluding carboxylic acids is 3. The summed E-state index contributed by atoms with van der Waals surface area (Å²) >= 11 is 1.18. The molecule has 0 fully saturated rings. The highest BCUT2D eigenvalue weighted by Gasteiger charge is 2.09. The van der Waals surface area contributed by atoms with Crippen LogP contribution in [0, 0.1) is 0 Å². The summed E-state index contributed by atoms with van der Waals surface area (Å²) in [4.78, 5) is 32.9. The van der Waals surface area contributed by atoms with Gasteiger partial charge in [0.1, 0.15) is 5.78 Å². The summed E-state index contributed by atoms with van der Waals surface area (Å²) in [5.41, 5.74) is 0. The van der Waals surface area contributed by atoms with E-state index >= 15 is 0 Å². The second kappa shape index (κ2) is 9.21. The third kappa shape index (κ3) is 8.28. The first-order valence-electron chi connectivity index (χ1n) is 4.92. The molecule has 0 aromatic carbocycles. The molecule has 0 rings (SSSR count). The topological polar surface area (TPSA) is 69.7 Å². The van der Waals surface area contributed by atoms with E-state index in [-0.39, 0.29) is 42.1 Å².